The first-order valence-corrected chi connectivity index (χ1v) is 5.30. The molecule has 0 amide bonds. The summed E-state index contributed by atoms with van der Waals surface area (Å²) < 4.78 is 0. The van der Waals surface area contributed by atoms with Crippen LogP contribution in [0.1, 0.15) is 12.0 Å². The van der Waals surface area contributed by atoms with Gasteiger partial charge in [0.25, 0.3) is 0 Å². The van der Waals surface area contributed by atoms with Crippen molar-refractivity contribution in [2.24, 2.45) is 5.73 Å². The SMILES string of the molecule is NC1CN(Cc2ccccc2)CCC1=O. The fourth-order valence-corrected chi connectivity index (χ4v) is 1.91. The normalized spacial score (nSPS) is 23.0. The van der Waals surface area contributed by atoms with Gasteiger partial charge in [-0.2, -0.15) is 0 Å². The second kappa shape index (κ2) is 4.55. The van der Waals surface area contributed by atoms with Gasteiger partial charge in [-0.3, -0.25) is 9.69 Å². The number of rotatable bonds is 2. The van der Waals surface area contributed by atoms with E-state index in [1.807, 2.05) is 18.2 Å². The van der Waals surface area contributed by atoms with Crippen LogP contribution < -0.4 is 5.73 Å². The van der Waals surface area contributed by atoms with E-state index in [2.05, 4.69) is 17.0 Å². The standard InChI is InChI=1S/C12H16N2O/c13-11-9-14(7-6-12(11)15)8-10-4-2-1-3-5-10/h1-5,11H,6-9,13H2. The molecule has 3 heteroatoms. The molecular formula is C12H16N2O. The molecule has 0 saturated carbocycles. The van der Waals surface area contributed by atoms with Crippen LogP contribution in [0.2, 0.25) is 0 Å². The molecule has 1 saturated heterocycles. The molecule has 1 heterocycles. The van der Waals surface area contributed by atoms with Crippen molar-refractivity contribution in [3.63, 3.8) is 0 Å². The molecule has 1 aromatic carbocycles. The van der Waals surface area contributed by atoms with Gasteiger partial charge in [0, 0.05) is 26.1 Å². The van der Waals surface area contributed by atoms with Crippen LogP contribution in [0.4, 0.5) is 0 Å². The molecule has 1 unspecified atom stereocenters. The lowest BCUT2D eigenvalue weighted by Crippen LogP contribution is -2.48. The first-order chi connectivity index (χ1) is 7.25. The summed E-state index contributed by atoms with van der Waals surface area (Å²) >= 11 is 0. The number of nitrogens with zero attached hydrogens (tertiary/aromatic N) is 1. The molecule has 1 fully saturated rings. The zero-order valence-electron chi connectivity index (χ0n) is 8.73. The first kappa shape index (κ1) is 10.3. The third kappa shape index (κ3) is 2.64. The van der Waals surface area contributed by atoms with Crippen molar-refractivity contribution in [1.82, 2.24) is 4.90 Å². The Morgan fingerprint density at radius 2 is 2.07 bits per heavy atom. The smallest absolute Gasteiger partial charge is 0.152 e. The summed E-state index contributed by atoms with van der Waals surface area (Å²) in [5.41, 5.74) is 7.01. The third-order valence-corrected chi connectivity index (χ3v) is 2.79. The van der Waals surface area contributed by atoms with Crippen LogP contribution in [-0.4, -0.2) is 29.8 Å². The summed E-state index contributed by atoms with van der Waals surface area (Å²) in [6, 6.07) is 9.98. The topological polar surface area (TPSA) is 46.3 Å². The number of hydrogen-bond donors (Lipinski definition) is 1. The van der Waals surface area contributed by atoms with Crippen molar-refractivity contribution in [3.8, 4) is 0 Å². The van der Waals surface area contributed by atoms with Crippen LogP contribution in [0.5, 0.6) is 0 Å². The number of Topliss-reactive ketones (excluding diaryl/α,β-unsaturated/α-hetero) is 1. The molecule has 1 atom stereocenters. The summed E-state index contributed by atoms with van der Waals surface area (Å²) in [6.07, 6.45) is 0.591. The summed E-state index contributed by atoms with van der Waals surface area (Å²) in [7, 11) is 0. The van der Waals surface area contributed by atoms with Gasteiger partial charge in [0.15, 0.2) is 5.78 Å². The highest BCUT2D eigenvalue weighted by atomic mass is 16.1. The maximum atomic E-state index is 11.2. The van der Waals surface area contributed by atoms with E-state index in [-0.39, 0.29) is 11.8 Å². The lowest BCUT2D eigenvalue weighted by Gasteiger charge is -2.29. The lowest BCUT2D eigenvalue weighted by molar-refractivity contribution is -0.123. The highest BCUT2D eigenvalue weighted by Crippen LogP contribution is 2.10. The zero-order valence-corrected chi connectivity index (χ0v) is 8.73. The van der Waals surface area contributed by atoms with Crippen LogP contribution in [0, 0.1) is 0 Å². The van der Waals surface area contributed by atoms with Gasteiger partial charge in [-0.1, -0.05) is 30.3 Å². The van der Waals surface area contributed by atoms with Crippen molar-refractivity contribution < 1.29 is 4.79 Å². The highest BCUT2D eigenvalue weighted by Gasteiger charge is 2.23. The number of carbonyl (C=O) groups excluding carboxylic acids is 1. The zero-order chi connectivity index (χ0) is 10.7. The second-order valence-corrected chi connectivity index (χ2v) is 4.04. The molecule has 2 rings (SSSR count). The van der Waals surface area contributed by atoms with E-state index < -0.39 is 0 Å². The Balaban J connectivity index is 1.94. The Hall–Kier alpha value is -1.19. The maximum absolute atomic E-state index is 11.2. The van der Waals surface area contributed by atoms with Crippen LogP contribution >= 0.6 is 0 Å². The molecule has 80 valence electrons. The van der Waals surface area contributed by atoms with Crippen molar-refractivity contribution in [2.45, 2.75) is 19.0 Å². The third-order valence-electron chi connectivity index (χ3n) is 2.79. The molecule has 0 aromatic heterocycles. The Morgan fingerprint density at radius 3 is 2.73 bits per heavy atom. The minimum absolute atomic E-state index is 0.194. The van der Waals surface area contributed by atoms with Gasteiger partial charge in [0.1, 0.15) is 0 Å². The van der Waals surface area contributed by atoms with Gasteiger partial charge in [-0.15, -0.1) is 0 Å². The number of carbonyl (C=O) groups is 1. The molecule has 1 aromatic rings. The molecule has 0 radical (unpaired) electrons. The predicted octanol–water partition coefficient (Wildman–Crippen LogP) is 0.789. The maximum Gasteiger partial charge on any atom is 0.152 e. The average Bonchev–Trinajstić information content (AvgIpc) is 2.25. The van der Waals surface area contributed by atoms with Crippen molar-refractivity contribution >= 4 is 5.78 Å². The number of piperidine rings is 1. The summed E-state index contributed by atoms with van der Waals surface area (Å²) in [5.74, 6) is 0.194. The molecule has 1 aliphatic rings. The quantitative estimate of drug-likeness (QED) is 0.774. The number of benzene rings is 1. The molecule has 0 spiro atoms. The minimum atomic E-state index is -0.289. The van der Waals surface area contributed by atoms with Crippen molar-refractivity contribution in [2.75, 3.05) is 13.1 Å². The van der Waals surface area contributed by atoms with Crippen LogP contribution in [0.25, 0.3) is 0 Å². The lowest BCUT2D eigenvalue weighted by atomic mass is 10.0. The number of hydrogen-bond acceptors (Lipinski definition) is 3. The number of nitrogens with two attached hydrogens (primary N) is 1. The van der Waals surface area contributed by atoms with E-state index >= 15 is 0 Å². The van der Waals surface area contributed by atoms with E-state index in [1.54, 1.807) is 0 Å². The van der Waals surface area contributed by atoms with Gasteiger partial charge >= 0.3 is 0 Å². The molecule has 0 aliphatic carbocycles. The Labute approximate surface area is 89.9 Å². The molecule has 2 N–H and O–H groups in total. The summed E-state index contributed by atoms with van der Waals surface area (Å²) in [4.78, 5) is 13.5. The molecule has 15 heavy (non-hydrogen) atoms. The first-order valence-electron chi connectivity index (χ1n) is 5.30. The minimum Gasteiger partial charge on any atom is -0.320 e. The fraction of sp³-hybridized carbons (Fsp3) is 0.417. The monoisotopic (exact) mass is 204 g/mol. The summed E-state index contributed by atoms with van der Waals surface area (Å²) in [6.45, 7) is 2.41. The Kier molecular flexibility index (Phi) is 3.14. The molecule has 0 bridgehead atoms. The molecule has 3 nitrogen and oxygen atoms in total. The highest BCUT2D eigenvalue weighted by molar-refractivity contribution is 5.84. The van der Waals surface area contributed by atoms with Gasteiger partial charge < -0.3 is 5.73 Å². The largest absolute Gasteiger partial charge is 0.320 e. The van der Waals surface area contributed by atoms with Gasteiger partial charge in [-0.25, -0.2) is 0 Å². The van der Waals surface area contributed by atoms with E-state index in [4.69, 9.17) is 5.73 Å². The van der Waals surface area contributed by atoms with E-state index in [1.165, 1.54) is 5.56 Å². The van der Waals surface area contributed by atoms with E-state index in [0.717, 1.165) is 13.1 Å². The van der Waals surface area contributed by atoms with Crippen molar-refractivity contribution in [3.05, 3.63) is 35.9 Å². The van der Waals surface area contributed by atoms with Gasteiger partial charge in [-0.05, 0) is 5.56 Å². The van der Waals surface area contributed by atoms with Crippen LogP contribution in [0.15, 0.2) is 30.3 Å². The Bertz CT molecular complexity index is 337. The molecular weight excluding hydrogens is 188 g/mol. The van der Waals surface area contributed by atoms with Crippen LogP contribution in [-0.2, 0) is 11.3 Å². The number of likely N-dealkylation sites (tertiary alicyclic amines) is 1. The van der Waals surface area contributed by atoms with Gasteiger partial charge in [0.05, 0.1) is 6.04 Å². The van der Waals surface area contributed by atoms with Gasteiger partial charge in [0.2, 0.25) is 0 Å². The van der Waals surface area contributed by atoms with Crippen molar-refractivity contribution in [1.29, 1.82) is 0 Å². The fourth-order valence-electron chi connectivity index (χ4n) is 1.91. The second-order valence-electron chi connectivity index (χ2n) is 4.04. The summed E-state index contributed by atoms with van der Waals surface area (Å²) in [5, 5.41) is 0. The van der Waals surface area contributed by atoms with Crippen LogP contribution in [0.3, 0.4) is 0 Å². The average molecular weight is 204 g/mol. The Morgan fingerprint density at radius 1 is 1.33 bits per heavy atom. The predicted molar refractivity (Wildman–Crippen MR) is 59.3 cm³/mol. The van der Waals surface area contributed by atoms with E-state index in [9.17, 15) is 4.79 Å². The van der Waals surface area contributed by atoms with E-state index in [0.29, 0.717) is 13.0 Å². The molecule has 1 aliphatic heterocycles. The number of ketones is 1.